The minimum atomic E-state index is -0.691. The van der Waals surface area contributed by atoms with E-state index in [2.05, 4.69) is 20.8 Å². The highest BCUT2D eigenvalue weighted by Crippen LogP contribution is 2.30. The van der Waals surface area contributed by atoms with Crippen molar-refractivity contribution in [2.75, 3.05) is 25.0 Å². The number of hydrogen-bond acceptors (Lipinski definition) is 7. The number of rotatable bonds is 6. The summed E-state index contributed by atoms with van der Waals surface area (Å²) in [5.74, 6) is -0.585. The number of anilines is 1. The topological polar surface area (TPSA) is 114 Å². The molecule has 3 rings (SSSR count). The Kier molecular flexibility index (Phi) is 7.34. The average molecular weight is 432 g/mol. The molecule has 10 heteroatoms. The molecular formula is C20H25N5O4S. The summed E-state index contributed by atoms with van der Waals surface area (Å²) >= 11 is 1.28. The zero-order valence-corrected chi connectivity index (χ0v) is 17.8. The van der Waals surface area contributed by atoms with Crippen molar-refractivity contribution in [3.8, 4) is 0 Å². The number of urea groups is 1. The summed E-state index contributed by atoms with van der Waals surface area (Å²) in [6, 6.07) is 8.21. The summed E-state index contributed by atoms with van der Waals surface area (Å²) < 4.78 is 4.91. The molecule has 1 aromatic heterocycles. The van der Waals surface area contributed by atoms with E-state index in [1.165, 1.54) is 11.3 Å². The Morgan fingerprint density at radius 3 is 2.57 bits per heavy atom. The van der Waals surface area contributed by atoms with Crippen LogP contribution in [0.2, 0.25) is 0 Å². The monoisotopic (exact) mass is 431 g/mol. The maximum absolute atomic E-state index is 12.4. The lowest BCUT2D eigenvalue weighted by atomic mass is 9.98. The molecule has 1 aromatic carbocycles. The first-order chi connectivity index (χ1) is 14.5. The van der Waals surface area contributed by atoms with E-state index >= 15 is 0 Å². The Morgan fingerprint density at radius 1 is 1.20 bits per heavy atom. The summed E-state index contributed by atoms with van der Waals surface area (Å²) in [7, 11) is 0. The molecule has 1 aliphatic rings. The molecule has 3 amide bonds. The van der Waals surface area contributed by atoms with E-state index in [9.17, 15) is 14.4 Å². The highest BCUT2D eigenvalue weighted by molar-refractivity contribution is 7.13. The van der Waals surface area contributed by atoms with E-state index < -0.39 is 12.0 Å². The zero-order valence-electron chi connectivity index (χ0n) is 17.0. The SMILES string of the molecule is CCOC(=O)C(C)NC(=O)N1CCC(c2nnc(C(=O)Nc3ccccc3)s2)CC1. The number of piperidine rings is 1. The number of amides is 3. The first-order valence-corrected chi connectivity index (χ1v) is 10.7. The van der Waals surface area contributed by atoms with Gasteiger partial charge in [0.15, 0.2) is 0 Å². The van der Waals surface area contributed by atoms with Gasteiger partial charge in [0.1, 0.15) is 11.0 Å². The molecule has 1 unspecified atom stereocenters. The predicted octanol–water partition coefficient (Wildman–Crippen LogP) is 2.63. The van der Waals surface area contributed by atoms with E-state index in [1.807, 2.05) is 30.3 Å². The third-order valence-electron chi connectivity index (χ3n) is 4.78. The molecule has 0 radical (unpaired) electrons. The normalized spacial score (nSPS) is 15.3. The van der Waals surface area contributed by atoms with Crippen LogP contribution in [0.3, 0.4) is 0 Å². The van der Waals surface area contributed by atoms with Crippen LogP contribution in [0.5, 0.6) is 0 Å². The van der Waals surface area contributed by atoms with Gasteiger partial charge in [-0.3, -0.25) is 4.79 Å². The lowest BCUT2D eigenvalue weighted by Crippen LogP contribution is -2.49. The molecule has 0 spiro atoms. The predicted molar refractivity (Wildman–Crippen MR) is 112 cm³/mol. The van der Waals surface area contributed by atoms with Crippen LogP contribution in [0.15, 0.2) is 30.3 Å². The number of hydrogen-bond donors (Lipinski definition) is 2. The third kappa shape index (κ3) is 5.53. The highest BCUT2D eigenvalue weighted by atomic mass is 32.1. The fraction of sp³-hybridized carbons (Fsp3) is 0.450. The van der Waals surface area contributed by atoms with Crippen molar-refractivity contribution in [1.82, 2.24) is 20.4 Å². The fourth-order valence-corrected chi connectivity index (χ4v) is 4.04. The second-order valence-corrected chi connectivity index (χ2v) is 7.96. The van der Waals surface area contributed by atoms with E-state index in [0.29, 0.717) is 23.8 Å². The van der Waals surface area contributed by atoms with Gasteiger partial charge in [-0.25, -0.2) is 9.59 Å². The summed E-state index contributed by atoms with van der Waals surface area (Å²) in [4.78, 5) is 38.1. The first-order valence-electron chi connectivity index (χ1n) is 9.89. The van der Waals surface area contributed by atoms with Crippen molar-refractivity contribution in [2.24, 2.45) is 0 Å². The van der Waals surface area contributed by atoms with Crippen molar-refractivity contribution in [2.45, 2.75) is 38.6 Å². The van der Waals surface area contributed by atoms with Crippen molar-refractivity contribution in [1.29, 1.82) is 0 Å². The Hall–Kier alpha value is -3.01. The molecule has 2 aromatic rings. The molecule has 2 N–H and O–H groups in total. The van der Waals surface area contributed by atoms with Gasteiger partial charge in [-0.1, -0.05) is 29.5 Å². The second kappa shape index (κ2) is 10.1. The fourth-order valence-electron chi connectivity index (χ4n) is 3.13. The van der Waals surface area contributed by atoms with Gasteiger partial charge in [-0.15, -0.1) is 10.2 Å². The second-order valence-electron chi connectivity index (χ2n) is 6.95. The van der Waals surface area contributed by atoms with Gasteiger partial charge in [-0.2, -0.15) is 0 Å². The van der Waals surface area contributed by atoms with Crippen LogP contribution in [-0.4, -0.2) is 58.7 Å². The molecule has 1 aliphatic heterocycles. The minimum Gasteiger partial charge on any atom is -0.464 e. The Balaban J connectivity index is 1.50. The molecular weight excluding hydrogens is 406 g/mol. The van der Waals surface area contributed by atoms with Gasteiger partial charge in [0.25, 0.3) is 5.91 Å². The molecule has 1 atom stereocenters. The standard InChI is InChI=1S/C20H25N5O4S/c1-3-29-19(27)13(2)21-20(28)25-11-9-14(10-12-25)17-23-24-18(30-17)16(26)22-15-7-5-4-6-8-15/h4-8,13-14H,3,9-12H2,1-2H3,(H,21,28)(H,22,26). The van der Waals surface area contributed by atoms with Gasteiger partial charge in [-0.05, 0) is 38.8 Å². The average Bonchev–Trinajstić information content (AvgIpc) is 3.25. The number of benzene rings is 1. The van der Waals surface area contributed by atoms with E-state index in [0.717, 1.165) is 17.8 Å². The molecule has 1 fully saturated rings. The van der Waals surface area contributed by atoms with Crippen molar-refractivity contribution >= 4 is 34.9 Å². The number of nitrogens with zero attached hydrogens (tertiary/aromatic N) is 3. The van der Waals surface area contributed by atoms with Crippen LogP contribution in [0.1, 0.15) is 47.4 Å². The number of para-hydroxylation sites is 1. The third-order valence-corrected chi connectivity index (χ3v) is 5.86. The maximum atomic E-state index is 12.4. The van der Waals surface area contributed by atoms with E-state index in [-0.39, 0.29) is 24.5 Å². The number of carbonyl (C=O) groups excluding carboxylic acids is 3. The smallest absolute Gasteiger partial charge is 0.328 e. The summed E-state index contributed by atoms with van der Waals surface area (Å²) in [5.41, 5.74) is 0.704. The lowest BCUT2D eigenvalue weighted by Gasteiger charge is -2.31. The Bertz CT molecular complexity index is 880. The van der Waals surface area contributed by atoms with Crippen LogP contribution in [0.25, 0.3) is 0 Å². The molecule has 9 nitrogen and oxygen atoms in total. The molecule has 0 saturated carbocycles. The van der Waals surface area contributed by atoms with Crippen molar-refractivity contribution in [3.63, 3.8) is 0 Å². The van der Waals surface area contributed by atoms with Crippen LogP contribution in [0, 0.1) is 0 Å². The lowest BCUT2D eigenvalue weighted by molar-refractivity contribution is -0.144. The van der Waals surface area contributed by atoms with Crippen LogP contribution < -0.4 is 10.6 Å². The molecule has 0 bridgehead atoms. The summed E-state index contributed by atoms with van der Waals surface area (Å²) in [5, 5.41) is 14.8. The maximum Gasteiger partial charge on any atom is 0.328 e. The molecule has 160 valence electrons. The van der Waals surface area contributed by atoms with Crippen LogP contribution in [0.4, 0.5) is 10.5 Å². The van der Waals surface area contributed by atoms with Crippen LogP contribution in [-0.2, 0) is 9.53 Å². The molecule has 1 saturated heterocycles. The van der Waals surface area contributed by atoms with Gasteiger partial charge in [0.2, 0.25) is 5.01 Å². The number of nitrogens with one attached hydrogen (secondary N) is 2. The summed E-state index contributed by atoms with van der Waals surface area (Å²) in [6.07, 6.45) is 1.44. The van der Waals surface area contributed by atoms with Crippen molar-refractivity contribution < 1.29 is 19.1 Å². The van der Waals surface area contributed by atoms with Gasteiger partial charge in [0, 0.05) is 24.7 Å². The van der Waals surface area contributed by atoms with Gasteiger partial charge < -0.3 is 20.3 Å². The zero-order chi connectivity index (χ0) is 21.5. The quantitative estimate of drug-likeness (QED) is 0.680. The first kappa shape index (κ1) is 21.7. The Labute approximate surface area is 178 Å². The van der Waals surface area contributed by atoms with E-state index in [4.69, 9.17) is 4.74 Å². The molecule has 0 aliphatic carbocycles. The number of aromatic nitrogens is 2. The highest BCUT2D eigenvalue weighted by Gasteiger charge is 2.28. The van der Waals surface area contributed by atoms with E-state index in [1.54, 1.807) is 18.7 Å². The van der Waals surface area contributed by atoms with Crippen molar-refractivity contribution in [3.05, 3.63) is 40.3 Å². The molecule has 2 heterocycles. The Morgan fingerprint density at radius 2 is 1.90 bits per heavy atom. The number of carbonyl (C=O) groups is 3. The van der Waals surface area contributed by atoms with Crippen LogP contribution >= 0.6 is 11.3 Å². The molecule has 30 heavy (non-hydrogen) atoms. The van der Waals surface area contributed by atoms with Gasteiger partial charge in [0.05, 0.1) is 6.61 Å². The minimum absolute atomic E-state index is 0.146. The van der Waals surface area contributed by atoms with Gasteiger partial charge >= 0.3 is 12.0 Å². The number of ether oxygens (including phenoxy) is 1. The largest absolute Gasteiger partial charge is 0.464 e. The summed E-state index contributed by atoms with van der Waals surface area (Å²) in [6.45, 7) is 4.68. The number of likely N-dealkylation sites (tertiary alicyclic amines) is 1. The number of esters is 1.